The summed E-state index contributed by atoms with van der Waals surface area (Å²) < 4.78 is 0. The number of amides is 1. The fourth-order valence-corrected chi connectivity index (χ4v) is 1.38. The molecule has 1 aromatic rings. The molecule has 6 nitrogen and oxygen atoms in total. The number of aromatic nitrogens is 1. The van der Waals surface area contributed by atoms with E-state index < -0.39 is 23.5 Å². The average molecular weight is 238 g/mol. The van der Waals surface area contributed by atoms with Gasteiger partial charge < -0.3 is 15.4 Å². The molecule has 0 bridgehead atoms. The quantitative estimate of drug-likeness (QED) is 0.689. The largest absolute Gasteiger partial charge is 0.480 e. The minimum atomic E-state index is -1.10. The molecule has 1 heterocycles. The van der Waals surface area contributed by atoms with Gasteiger partial charge in [-0.3, -0.25) is 9.59 Å². The van der Waals surface area contributed by atoms with Gasteiger partial charge in [0.05, 0.1) is 0 Å². The van der Waals surface area contributed by atoms with E-state index in [1.807, 2.05) is 6.92 Å². The van der Waals surface area contributed by atoms with Gasteiger partial charge in [-0.2, -0.15) is 0 Å². The van der Waals surface area contributed by atoms with Crippen LogP contribution in [0.3, 0.4) is 0 Å². The average Bonchev–Trinajstić information content (AvgIpc) is 2.28. The van der Waals surface area contributed by atoms with Crippen molar-refractivity contribution in [2.24, 2.45) is 0 Å². The Kier molecular flexibility index (Phi) is 4.45. The highest BCUT2D eigenvalue weighted by Crippen LogP contribution is 1.99. The summed E-state index contributed by atoms with van der Waals surface area (Å²) in [6.07, 6.45) is 2.36. The topological polar surface area (TPSA) is 99.3 Å². The van der Waals surface area contributed by atoms with Crippen LogP contribution in [0.25, 0.3) is 0 Å². The van der Waals surface area contributed by atoms with E-state index in [-0.39, 0.29) is 5.56 Å². The Morgan fingerprint density at radius 2 is 2.24 bits per heavy atom. The molecule has 1 unspecified atom stereocenters. The second-order valence-electron chi connectivity index (χ2n) is 3.57. The van der Waals surface area contributed by atoms with Crippen molar-refractivity contribution in [1.82, 2.24) is 10.3 Å². The Hall–Kier alpha value is -2.11. The first-order valence-electron chi connectivity index (χ1n) is 5.27. The molecule has 1 aromatic heterocycles. The van der Waals surface area contributed by atoms with Crippen LogP contribution in [0.15, 0.2) is 23.1 Å². The number of carboxylic acid groups (broad SMARTS) is 1. The van der Waals surface area contributed by atoms with Gasteiger partial charge in [0.25, 0.3) is 11.5 Å². The number of aromatic amines is 1. The number of pyridine rings is 1. The molecule has 0 saturated carbocycles. The van der Waals surface area contributed by atoms with Crippen LogP contribution in [0.2, 0.25) is 0 Å². The normalized spacial score (nSPS) is 11.8. The van der Waals surface area contributed by atoms with Gasteiger partial charge in [0, 0.05) is 6.20 Å². The van der Waals surface area contributed by atoms with Crippen molar-refractivity contribution in [3.8, 4) is 0 Å². The Morgan fingerprint density at radius 3 is 2.76 bits per heavy atom. The third kappa shape index (κ3) is 3.44. The summed E-state index contributed by atoms with van der Waals surface area (Å²) in [5.74, 6) is -1.78. The Morgan fingerprint density at radius 1 is 1.53 bits per heavy atom. The molecule has 6 heteroatoms. The SMILES string of the molecule is CCCC(NC(=O)c1ccc[nH]c1=O)C(=O)O. The van der Waals surface area contributed by atoms with E-state index in [9.17, 15) is 14.4 Å². The first kappa shape index (κ1) is 13.0. The monoisotopic (exact) mass is 238 g/mol. The molecule has 0 saturated heterocycles. The lowest BCUT2D eigenvalue weighted by Crippen LogP contribution is -2.42. The Balaban J connectivity index is 2.81. The maximum Gasteiger partial charge on any atom is 0.326 e. The van der Waals surface area contributed by atoms with Gasteiger partial charge in [-0.1, -0.05) is 13.3 Å². The van der Waals surface area contributed by atoms with Gasteiger partial charge in [-0.25, -0.2) is 4.79 Å². The smallest absolute Gasteiger partial charge is 0.326 e. The van der Waals surface area contributed by atoms with Gasteiger partial charge in [0.1, 0.15) is 11.6 Å². The molecule has 1 atom stereocenters. The van der Waals surface area contributed by atoms with Crippen LogP contribution in [0.1, 0.15) is 30.1 Å². The first-order valence-corrected chi connectivity index (χ1v) is 5.27. The standard InChI is InChI=1S/C11H14N2O4/c1-2-4-8(11(16)17)13-10(15)7-5-3-6-12-9(7)14/h3,5-6,8H,2,4H2,1H3,(H,12,14)(H,13,15)(H,16,17). The summed E-state index contributed by atoms with van der Waals surface area (Å²) in [4.78, 5) is 36.2. The van der Waals surface area contributed by atoms with Crippen LogP contribution in [0.5, 0.6) is 0 Å². The predicted molar refractivity (Wildman–Crippen MR) is 60.9 cm³/mol. The molecule has 3 N–H and O–H groups in total. The second-order valence-corrected chi connectivity index (χ2v) is 3.57. The number of aliphatic carboxylic acids is 1. The van der Waals surface area contributed by atoms with E-state index in [1.165, 1.54) is 18.3 Å². The van der Waals surface area contributed by atoms with Crippen molar-refractivity contribution in [3.63, 3.8) is 0 Å². The molecular weight excluding hydrogens is 224 g/mol. The van der Waals surface area contributed by atoms with Gasteiger partial charge in [0.15, 0.2) is 0 Å². The van der Waals surface area contributed by atoms with Crippen molar-refractivity contribution < 1.29 is 14.7 Å². The molecule has 0 aromatic carbocycles. The van der Waals surface area contributed by atoms with E-state index in [4.69, 9.17) is 5.11 Å². The fourth-order valence-electron chi connectivity index (χ4n) is 1.38. The van der Waals surface area contributed by atoms with E-state index in [0.29, 0.717) is 12.8 Å². The van der Waals surface area contributed by atoms with Gasteiger partial charge >= 0.3 is 5.97 Å². The molecule has 17 heavy (non-hydrogen) atoms. The highest BCUT2D eigenvalue weighted by molar-refractivity contribution is 5.96. The zero-order valence-corrected chi connectivity index (χ0v) is 9.40. The lowest BCUT2D eigenvalue weighted by molar-refractivity contribution is -0.139. The maximum absolute atomic E-state index is 11.7. The molecule has 0 aliphatic rings. The minimum absolute atomic E-state index is 0.0881. The Bertz CT molecular complexity index is 467. The van der Waals surface area contributed by atoms with Gasteiger partial charge in [0.2, 0.25) is 0 Å². The van der Waals surface area contributed by atoms with Gasteiger partial charge in [-0.15, -0.1) is 0 Å². The first-order chi connectivity index (χ1) is 8.06. The van der Waals surface area contributed by atoms with Crippen LogP contribution < -0.4 is 10.9 Å². The molecule has 1 rings (SSSR count). The summed E-state index contributed by atoms with van der Waals surface area (Å²) in [6, 6.07) is 1.89. The molecule has 0 fully saturated rings. The lowest BCUT2D eigenvalue weighted by Gasteiger charge is -2.12. The number of nitrogens with one attached hydrogen (secondary N) is 2. The fraction of sp³-hybridized carbons (Fsp3) is 0.364. The van der Waals surface area contributed by atoms with Crippen LogP contribution in [-0.4, -0.2) is 28.0 Å². The zero-order valence-electron chi connectivity index (χ0n) is 9.40. The van der Waals surface area contributed by atoms with Crippen molar-refractivity contribution in [3.05, 3.63) is 34.2 Å². The van der Waals surface area contributed by atoms with E-state index >= 15 is 0 Å². The number of hydrogen-bond donors (Lipinski definition) is 3. The number of carboxylic acids is 1. The summed E-state index contributed by atoms with van der Waals surface area (Å²) in [6.45, 7) is 1.82. The van der Waals surface area contributed by atoms with Gasteiger partial charge in [-0.05, 0) is 18.6 Å². The van der Waals surface area contributed by atoms with E-state index in [0.717, 1.165) is 0 Å². The summed E-state index contributed by atoms with van der Waals surface area (Å²) in [7, 11) is 0. The summed E-state index contributed by atoms with van der Waals surface area (Å²) in [5.41, 5.74) is -0.625. The van der Waals surface area contributed by atoms with Crippen molar-refractivity contribution in [2.75, 3.05) is 0 Å². The highest BCUT2D eigenvalue weighted by atomic mass is 16.4. The van der Waals surface area contributed by atoms with Crippen LogP contribution in [-0.2, 0) is 4.79 Å². The second kappa shape index (κ2) is 5.83. The third-order valence-corrected chi connectivity index (χ3v) is 2.24. The van der Waals surface area contributed by atoms with Crippen LogP contribution >= 0.6 is 0 Å². The van der Waals surface area contributed by atoms with E-state index in [2.05, 4.69) is 10.3 Å². The highest BCUT2D eigenvalue weighted by Gasteiger charge is 2.20. The Labute approximate surface area is 97.7 Å². The minimum Gasteiger partial charge on any atom is -0.480 e. The van der Waals surface area contributed by atoms with Crippen LogP contribution in [0, 0.1) is 0 Å². The number of carbonyl (C=O) groups excluding carboxylic acids is 1. The zero-order chi connectivity index (χ0) is 12.8. The molecule has 0 radical (unpaired) electrons. The number of carbonyl (C=O) groups is 2. The maximum atomic E-state index is 11.7. The van der Waals surface area contributed by atoms with Crippen molar-refractivity contribution >= 4 is 11.9 Å². The van der Waals surface area contributed by atoms with E-state index in [1.54, 1.807) is 0 Å². The molecule has 1 amide bonds. The molecular formula is C11H14N2O4. The van der Waals surface area contributed by atoms with Crippen LogP contribution in [0.4, 0.5) is 0 Å². The molecule has 0 aliphatic carbocycles. The van der Waals surface area contributed by atoms with Crippen molar-refractivity contribution in [2.45, 2.75) is 25.8 Å². The molecule has 0 spiro atoms. The third-order valence-electron chi connectivity index (χ3n) is 2.24. The summed E-state index contributed by atoms with van der Waals surface area (Å²) in [5, 5.41) is 11.2. The molecule has 92 valence electrons. The summed E-state index contributed by atoms with van der Waals surface area (Å²) >= 11 is 0. The number of rotatable bonds is 5. The number of hydrogen-bond acceptors (Lipinski definition) is 3. The lowest BCUT2D eigenvalue weighted by atomic mass is 10.1. The number of H-pyrrole nitrogens is 1. The van der Waals surface area contributed by atoms with Crippen molar-refractivity contribution in [1.29, 1.82) is 0 Å². The molecule has 0 aliphatic heterocycles. The predicted octanol–water partition coefficient (Wildman–Crippen LogP) is 0.358.